The molecule has 6 aromatic carbocycles. The van der Waals surface area contributed by atoms with Gasteiger partial charge in [-0.05, 0) is 0 Å². The molecule has 2 unspecified atom stereocenters. The van der Waals surface area contributed by atoms with Crippen LogP contribution in [0.25, 0.3) is 55.2 Å². The molecule has 0 bridgehead atoms. The van der Waals surface area contributed by atoms with Crippen LogP contribution in [0.2, 0.25) is 0 Å². The second kappa shape index (κ2) is 11.0. The van der Waals surface area contributed by atoms with Crippen molar-refractivity contribution in [1.29, 1.82) is 0 Å². The summed E-state index contributed by atoms with van der Waals surface area (Å²) in [6.07, 6.45) is 15.7. The van der Waals surface area contributed by atoms with Gasteiger partial charge >= 0.3 is 244 Å². The standard InChI is InChI=1S/2C17H11.C5H8.2ClH.Zr/c2*1-2-6-15-12(4-1)8-10-14-11-9-13-5-3-7-16(13)17(14)15;1-2-4-5-3-1;;;/h2*1-11H;1-4H2;2*1H;/q;;;;;+2/p-2. The molecule has 42 heavy (non-hydrogen) atoms. The SMILES string of the molecule is C1=C[CH]([Zr+2](=[C]2CCCC2)[CH]2C=Cc3ccc4ccc5ccccc5c4c32)c2c1ccc1ccc3ccccc3c21.[Cl-].[Cl-]. The normalized spacial score (nSPS) is 18.2. The van der Waals surface area contributed by atoms with Gasteiger partial charge in [-0.3, -0.25) is 0 Å². The van der Waals surface area contributed by atoms with E-state index in [1.165, 1.54) is 79.9 Å². The Hall–Kier alpha value is -2.83. The van der Waals surface area contributed by atoms with Crippen LogP contribution in [0.5, 0.6) is 0 Å². The van der Waals surface area contributed by atoms with Crippen LogP contribution in [0.3, 0.4) is 0 Å². The van der Waals surface area contributed by atoms with Gasteiger partial charge in [-0.1, -0.05) is 0 Å². The van der Waals surface area contributed by atoms with Crippen LogP contribution >= 0.6 is 0 Å². The maximum absolute atomic E-state index is 2.64. The Morgan fingerprint density at radius 2 is 0.905 bits per heavy atom. The first-order valence-electron chi connectivity index (χ1n) is 14.8. The molecule has 1 fully saturated rings. The van der Waals surface area contributed by atoms with Crippen molar-refractivity contribution in [1.82, 2.24) is 0 Å². The first-order valence-corrected chi connectivity index (χ1v) is 18.9. The average molecular weight is 661 g/mol. The first kappa shape index (κ1) is 28.0. The van der Waals surface area contributed by atoms with Gasteiger partial charge in [0.1, 0.15) is 0 Å². The molecule has 0 aliphatic heterocycles. The molecule has 0 spiro atoms. The van der Waals surface area contributed by atoms with Crippen molar-refractivity contribution in [3.63, 3.8) is 0 Å². The van der Waals surface area contributed by atoms with Crippen LogP contribution in [0.1, 0.15) is 55.2 Å². The zero-order valence-corrected chi connectivity index (χ0v) is 27.3. The van der Waals surface area contributed by atoms with Crippen LogP contribution in [0, 0.1) is 0 Å². The first-order chi connectivity index (χ1) is 19.8. The largest absolute Gasteiger partial charge is 1.00 e. The predicted molar refractivity (Wildman–Crippen MR) is 170 cm³/mol. The molecule has 2 atom stereocenters. The fourth-order valence-corrected chi connectivity index (χ4v) is 18.0. The Labute approximate surface area is 267 Å². The number of fused-ring (bicyclic) bond motifs is 10. The van der Waals surface area contributed by atoms with E-state index in [2.05, 4.69) is 121 Å². The zero-order valence-electron chi connectivity index (χ0n) is 23.3. The minimum Gasteiger partial charge on any atom is -1.00 e. The smallest absolute Gasteiger partial charge is 1.00 e. The maximum atomic E-state index is 2.64. The number of allylic oxidation sites excluding steroid dienone is 2. The summed E-state index contributed by atoms with van der Waals surface area (Å²) in [4.78, 5) is 0. The Bertz CT molecular complexity index is 1980. The molecular formula is C39H30Cl2Zr. The Morgan fingerprint density at radius 1 is 0.476 bits per heavy atom. The predicted octanol–water partition coefficient (Wildman–Crippen LogP) is 4.51. The van der Waals surface area contributed by atoms with Gasteiger partial charge < -0.3 is 24.8 Å². The number of hydrogen-bond donors (Lipinski definition) is 0. The van der Waals surface area contributed by atoms with Gasteiger partial charge in [0.25, 0.3) is 0 Å². The third-order valence-electron chi connectivity index (χ3n) is 9.81. The summed E-state index contributed by atoms with van der Waals surface area (Å²) in [6.45, 7) is 0. The summed E-state index contributed by atoms with van der Waals surface area (Å²) in [5.74, 6) is 0. The Kier molecular flexibility index (Phi) is 7.34. The van der Waals surface area contributed by atoms with E-state index in [-0.39, 0.29) is 24.8 Å². The van der Waals surface area contributed by atoms with Crippen molar-refractivity contribution < 1.29 is 46.1 Å². The van der Waals surface area contributed by atoms with Gasteiger partial charge in [-0.2, -0.15) is 0 Å². The van der Waals surface area contributed by atoms with Crippen molar-refractivity contribution in [2.24, 2.45) is 0 Å². The van der Waals surface area contributed by atoms with Crippen LogP contribution in [-0.4, -0.2) is 3.21 Å². The van der Waals surface area contributed by atoms with E-state index in [0.717, 1.165) is 0 Å². The average Bonchev–Trinajstić information content (AvgIpc) is 3.78. The number of benzene rings is 6. The summed E-state index contributed by atoms with van der Waals surface area (Å²) < 4.78 is 3.12. The van der Waals surface area contributed by atoms with Gasteiger partial charge in [0, 0.05) is 0 Å². The molecule has 3 aliphatic carbocycles. The molecule has 0 aromatic heterocycles. The molecule has 0 nitrogen and oxygen atoms in total. The number of rotatable bonds is 2. The second-order valence-corrected chi connectivity index (χ2v) is 18.9. The molecule has 6 aromatic rings. The van der Waals surface area contributed by atoms with Crippen LogP contribution in [-0.2, 0) is 21.3 Å². The van der Waals surface area contributed by atoms with E-state index >= 15 is 0 Å². The maximum Gasteiger partial charge on any atom is -1.00 e. The summed E-state index contributed by atoms with van der Waals surface area (Å²) in [6, 6.07) is 36.9. The summed E-state index contributed by atoms with van der Waals surface area (Å²) in [5, 5.41) is 11.4. The fourth-order valence-electron chi connectivity index (χ4n) is 8.08. The molecule has 3 heteroatoms. The van der Waals surface area contributed by atoms with Crippen molar-refractivity contribution in [3.05, 3.63) is 131 Å². The number of hydrogen-bond acceptors (Lipinski definition) is 0. The molecule has 0 amide bonds. The second-order valence-electron chi connectivity index (χ2n) is 11.8. The van der Waals surface area contributed by atoms with Gasteiger partial charge in [-0.15, -0.1) is 0 Å². The summed E-state index contributed by atoms with van der Waals surface area (Å²) in [5.41, 5.74) is 6.18. The molecule has 204 valence electrons. The number of halogens is 2. The molecule has 1 saturated carbocycles. The molecule has 0 radical (unpaired) electrons. The molecule has 0 N–H and O–H groups in total. The molecule has 3 aliphatic rings. The van der Waals surface area contributed by atoms with Crippen molar-refractivity contribution >= 4 is 58.4 Å². The van der Waals surface area contributed by atoms with Gasteiger partial charge in [0.15, 0.2) is 0 Å². The van der Waals surface area contributed by atoms with E-state index in [1.54, 1.807) is 11.1 Å². The van der Waals surface area contributed by atoms with E-state index in [0.29, 0.717) is 7.25 Å². The van der Waals surface area contributed by atoms with Crippen molar-refractivity contribution in [3.8, 4) is 0 Å². The monoisotopic (exact) mass is 658 g/mol. The minimum atomic E-state index is -2.31. The summed E-state index contributed by atoms with van der Waals surface area (Å²) >= 11 is -2.31. The van der Waals surface area contributed by atoms with E-state index in [1.807, 2.05) is 3.21 Å². The van der Waals surface area contributed by atoms with E-state index < -0.39 is 21.3 Å². The minimum absolute atomic E-state index is 0. The Morgan fingerprint density at radius 3 is 1.40 bits per heavy atom. The van der Waals surface area contributed by atoms with Gasteiger partial charge in [0.2, 0.25) is 0 Å². The van der Waals surface area contributed by atoms with Crippen molar-refractivity contribution in [2.45, 2.75) is 32.9 Å². The van der Waals surface area contributed by atoms with E-state index in [9.17, 15) is 0 Å². The fraction of sp³-hybridized carbons (Fsp3) is 0.154. The van der Waals surface area contributed by atoms with Gasteiger partial charge in [-0.25, -0.2) is 0 Å². The Balaban J connectivity index is 0.00000144. The quantitative estimate of drug-likeness (QED) is 0.240. The topological polar surface area (TPSA) is 0 Å². The molecule has 9 rings (SSSR count). The zero-order chi connectivity index (χ0) is 26.2. The van der Waals surface area contributed by atoms with E-state index in [4.69, 9.17) is 0 Å². The van der Waals surface area contributed by atoms with Crippen LogP contribution in [0.15, 0.2) is 109 Å². The molecular weight excluding hydrogens is 631 g/mol. The molecule has 0 saturated heterocycles. The van der Waals surface area contributed by atoms with Crippen LogP contribution < -0.4 is 24.8 Å². The third kappa shape index (κ3) is 4.16. The molecule has 0 heterocycles. The van der Waals surface area contributed by atoms with Crippen LogP contribution in [0.4, 0.5) is 0 Å². The van der Waals surface area contributed by atoms with Crippen molar-refractivity contribution in [2.75, 3.05) is 0 Å². The summed E-state index contributed by atoms with van der Waals surface area (Å²) in [7, 11) is 0. The van der Waals surface area contributed by atoms with Gasteiger partial charge in [0.05, 0.1) is 0 Å². The third-order valence-corrected chi connectivity index (χ3v) is 18.7.